The highest BCUT2D eigenvalue weighted by molar-refractivity contribution is 6.28. The van der Waals surface area contributed by atoms with Crippen molar-refractivity contribution in [2.75, 3.05) is 0 Å². The highest BCUT2D eigenvalue weighted by Gasteiger charge is 2.22. The van der Waals surface area contributed by atoms with E-state index in [-0.39, 0.29) is 0 Å². The van der Waals surface area contributed by atoms with Crippen LogP contribution >= 0.6 is 0 Å². The van der Waals surface area contributed by atoms with E-state index in [1.165, 1.54) is 21.5 Å². The minimum Gasteiger partial charge on any atom is -0.455 e. The molecule has 0 unspecified atom stereocenters. The van der Waals surface area contributed by atoms with Crippen LogP contribution in [0, 0.1) is 0 Å². The van der Waals surface area contributed by atoms with E-state index < -0.39 is 0 Å². The summed E-state index contributed by atoms with van der Waals surface area (Å²) in [4.78, 5) is 15.6. The van der Waals surface area contributed by atoms with E-state index in [1.807, 2.05) is 18.2 Å². The number of nitrogens with zero attached hydrogens (tertiary/aromatic N) is 3. The fraction of sp³-hybridized carbons (Fsp3) is 0. The first-order valence-electron chi connectivity index (χ1n) is 17.2. The molecule has 236 valence electrons. The number of rotatable bonds is 3. The molecule has 0 amide bonds. The van der Waals surface area contributed by atoms with Gasteiger partial charge in [0.25, 0.3) is 0 Å². The minimum atomic E-state index is 0.605. The molecule has 2 heterocycles. The van der Waals surface area contributed by atoms with Gasteiger partial charge in [0.05, 0.1) is 0 Å². The molecule has 0 saturated heterocycles. The maximum atomic E-state index is 6.99. The van der Waals surface area contributed by atoms with Gasteiger partial charge in [-0.2, -0.15) is 0 Å². The molecule has 51 heavy (non-hydrogen) atoms. The van der Waals surface area contributed by atoms with Crippen molar-refractivity contribution in [3.8, 4) is 34.2 Å². The molecule has 0 aliphatic rings. The van der Waals surface area contributed by atoms with Crippen molar-refractivity contribution >= 4 is 75.8 Å². The second-order valence-electron chi connectivity index (χ2n) is 13.2. The number of benzene rings is 9. The van der Waals surface area contributed by atoms with Crippen LogP contribution in [-0.4, -0.2) is 15.0 Å². The van der Waals surface area contributed by atoms with Crippen molar-refractivity contribution in [1.29, 1.82) is 0 Å². The molecule has 0 N–H and O–H groups in total. The van der Waals surface area contributed by atoms with Gasteiger partial charge < -0.3 is 4.42 Å². The third-order valence-corrected chi connectivity index (χ3v) is 10.2. The van der Waals surface area contributed by atoms with Crippen molar-refractivity contribution in [3.05, 3.63) is 164 Å². The first-order chi connectivity index (χ1) is 25.3. The Morgan fingerprint density at radius 3 is 1.67 bits per heavy atom. The standard InChI is InChI=1S/C47H27N3O/c1-2-13-31(14-3-1)45-48-46(34-23-24-36-32(26-34)20-18-28-10-4-7-15-35(28)36)50-47(49-45)40-27-33-21-19-29-11-5-8-16-37(29)41(33)44-42(40)39-25-22-30-12-6-9-17-38(30)43(39)51-44/h1-27H. The third-order valence-electron chi connectivity index (χ3n) is 10.2. The number of furan rings is 1. The molecule has 0 fully saturated rings. The fourth-order valence-electron chi connectivity index (χ4n) is 7.83. The van der Waals surface area contributed by atoms with E-state index in [1.54, 1.807) is 0 Å². The molecule has 4 heteroatoms. The summed E-state index contributed by atoms with van der Waals surface area (Å²) < 4.78 is 6.99. The van der Waals surface area contributed by atoms with Gasteiger partial charge in [-0.1, -0.05) is 146 Å². The largest absolute Gasteiger partial charge is 0.455 e. The Hall–Kier alpha value is -6.91. The highest BCUT2D eigenvalue weighted by Crippen LogP contribution is 2.45. The summed E-state index contributed by atoms with van der Waals surface area (Å²) in [6, 6.07) is 57.4. The van der Waals surface area contributed by atoms with Crippen LogP contribution in [0.4, 0.5) is 0 Å². The number of hydrogen-bond donors (Lipinski definition) is 0. The van der Waals surface area contributed by atoms with E-state index in [9.17, 15) is 0 Å². The molecule has 0 atom stereocenters. The molecule has 11 rings (SSSR count). The maximum absolute atomic E-state index is 6.99. The zero-order chi connectivity index (χ0) is 33.5. The average molecular weight is 650 g/mol. The summed E-state index contributed by atoms with van der Waals surface area (Å²) in [5.74, 6) is 1.85. The normalized spacial score (nSPS) is 11.9. The van der Waals surface area contributed by atoms with Crippen molar-refractivity contribution in [2.24, 2.45) is 0 Å². The quantitative estimate of drug-likeness (QED) is 0.179. The molecule has 4 nitrogen and oxygen atoms in total. The van der Waals surface area contributed by atoms with Gasteiger partial charge >= 0.3 is 0 Å². The molecule has 0 saturated carbocycles. The van der Waals surface area contributed by atoms with Crippen LogP contribution in [0.1, 0.15) is 0 Å². The Bertz CT molecular complexity index is 3200. The second-order valence-corrected chi connectivity index (χ2v) is 13.2. The van der Waals surface area contributed by atoms with Gasteiger partial charge in [0, 0.05) is 38.2 Å². The average Bonchev–Trinajstić information content (AvgIpc) is 3.60. The van der Waals surface area contributed by atoms with Crippen LogP contribution in [0.3, 0.4) is 0 Å². The van der Waals surface area contributed by atoms with Gasteiger partial charge in [-0.3, -0.25) is 0 Å². The van der Waals surface area contributed by atoms with Crippen LogP contribution in [0.15, 0.2) is 168 Å². The van der Waals surface area contributed by atoms with Crippen LogP contribution in [0.25, 0.3) is 110 Å². The van der Waals surface area contributed by atoms with Gasteiger partial charge in [0.15, 0.2) is 17.5 Å². The first-order valence-corrected chi connectivity index (χ1v) is 17.2. The molecule has 0 radical (unpaired) electrons. The van der Waals surface area contributed by atoms with Gasteiger partial charge in [-0.05, 0) is 61.3 Å². The zero-order valence-corrected chi connectivity index (χ0v) is 27.3. The lowest BCUT2D eigenvalue weighted by Gasteiger charge is -2.12. The Morgan fingerprint density at radius 2 is 0.863 bits per heavy atom. The number of fused-ring (bicyclic) bond motifs is 12. The van der Waals surface area contributed by atoms with Gasteiger partial charge in [0.2, 0.25) is 0 Å². The highest BCUT2D eigenvalue weighted by atomic mass is 16.3. The summed E-state index contributed by atoms with van der Waals surface area (Å²) in [6.07, 6.45) is 0. The first kappa shape index (κ1) is 28.0. The van der Waals surface area contributed by atoms with Crippen molar-refractivity contribution in [2.45, 2.75) is 0 Å². The monoisotopic (exact) mass is 649 g/mol. The van der Waals surface area contributed by atoms with E-state index >= 15 is 0 Å². The van der Waals surface area contributed by atoms with Gasteiger partial charge in [-0.25, -0.2) is 15.0 Å². The lowest BCUT2D eigenvalue weighted by atomic mass is 9.95. The fourth-order valence-corrected chi connectivity index (χ4v) is 7.83. The topological polar surface area (TPSA) is 51.8 Å². The number of aromatic nitrogens is 3. The SMILES string of the molecule is c1ccc(-c2nc(-c3ccc4c(ccc5ccccc54)c3)nc(-c3cc4ccc5ccccc5c4c4oc5c6ccccc6ccc5c34)n2)cc1. The zero-order valence-electron chi connectivity index (χ0n) is 27.3. The van der Waals surface area contributed by atoms with E-state index in [0.717, 1.165) is 70.9 Å². The van der Waals surface area contributed by atoms with E-state index in [0.29, 0.717) is 17.5 Å². The van der Waals surface area contributed by atoms with Crippen LogP contribution in [0.5, 0.6) is 0 Å². The molecule has 0 bridgehead atoms. The summed E-state index contributed by atoms with van der Waals surface area (Å²) >= 11 is 0. The van der Waals surface area contributed by atoms with E-state index in [4.69, 9.17) is 19.4 Å². The van der Waals surface area contributed by atoms with Gasteiger partial charge in [0.1, 0.15) is 11.2 Å². The molecule has 0 spiro atoms. The maximum Gasteiger partial charge on any atom is 0.164 e. The molecule has 0 aliphatic heterocycles. The van der Waals surface area contributed by atoms with Crippen molar-refractivity contribution in [1.82, 2.24) is 15.0 Å². The Kier molecular flexibility index (Phi) is 5.92. The van der Waals surface area contributed by atoms with Crippen LogP contribution in [-0.2, 0) is 0 Å². The predicted octanol–water partition coefficient (Wildman–Crippen LogP) is 12.5. The Morgan fingerprint density at radius 1 is 0.314 bits per heavy atom. The Labute approximate surface area is 292 Å². The molecule has 9 aromatic carbocycles. The van der Waals surface area contributed by atoms with Crippen LogP contribution < -0.4 is 0 Å². The second kappa shape index (κ2) is 10.8. The van der Waals surface area contributed by atoms with Gasteiger partial charge in [-0.15, -0.1) is 0 Å². The summed E-state index contributed by atoms with van der Waals surface area (Å²) in [5, 5.41) is 13.5. The van der Waals surface area contributed by atoms with Crippen molar-refractivity contribution in [3.63, 3.8) is 0 Å². The summed E-state index contributed by atoms with van der Waals surface area (Å²) in [7, 11) is 0. The lowest BCUT2D eigenvalue weighted by Crippen LogP contribution is -2.00. The minimum absolute atomic E-state index is 0.605. The number of hydrogen-bond acceptors (Lipinski definition) is 4. The molecule has 0 aliphatic carbocycles. The molecular weight excluding hydrogens is 623 g/mol. The molecule has 2 aromatic heterocycles. The summed E-state index contributed by atoms with van der Waals surface area (Å²) in [6.45, 7) is 0. The smallest absolute Gasteiger partial charge is 0.164 e. The molecule has 11 aromatic rings. The molecular formula is C47H27N3O. The Balaban J connectivity index is 1.24. The van der Waals surface area contributed by atoms with Crippen LogP contribution in [0.2, 0.25) is 0 Å². The predicted molar refractivity (Wildman–Crippen MR) is 211 cm³/mol. The van der Waals surface area contributed by atoms with Crippen molar-refractivity contribution < 1.29 is 4.42 Å². The lowest BCUT2D eigenvalue weighted by molar-refractivity contribution is 0.677. The summed E-state index contributed by atoms with van der Waals surface area (Å²) in [5.41, 5.74) is 4.48. The third kappa shape index (κ3) is 4.30. The van der Waals surface area contributed by atoms with E-state index in [2.05, 4.69) is 146 Å².